The van der Waals surface area contributed by atoms with E-state index in [1.807, 2.05) is 6.92 Å². The van der Waals surface area contributed by atoms with Gasteiger partial charge in [0.1, 0.15) is 6.10 Å². The van der Waals surface area contributed by atoms with E-state index in [1.165, 1.54) is 6.20 Å². The first-order valence-electron chi connectivity index (χ1n) is 8.50. The van der Waals surface area contributed by atoms with Gasteiger partial charge < -0.3 is 14.8 Å². The van der Waals surface area contributed by atoms with Crippen LogP contribution >= 0.6 is 0 Å². The van der Waals surface area contributed by atoms with Crippen LogP contribution in [0.1, 0.15) is 39.5 Å². The SMILES string of the molecule is CCOC(=O)[C@]1(C)CC[C@@H](Oc2ccc(NC(=O)C(=O)NN)cn2)CC1. The highest BCUT2D eigenvalue weighted by Gasteiger charge is 2.39. The Morgan fingerprint density at radius 2 is 1.96 bits per heavy atom. The topological polar surface area (TPSA) is 133 Å². The minimum Gasteiger partial charge on any atom is -0.474 e. The zero-order chi connectivity index (χ0) is 19.2. The molecule has 0 saturated heterocycles. The second kappa shape index (κ2) is 8.61. The second-order valence-electron chi connectivity index (χ2n) is 6.41. The lowest BCUT2D eigenvalue weighted by atomic mass is 9.75. The van der Waals surface area contributed by atoms with E-state index in [9.17, 15) is 14.4 Å². The van der Waals surface area contributed by atoms with Crippen molar-refractivity contribution in [3.8, 4) is 5.88 Å². The van der Waals surface area contributed by atoms with E-state index in [0.717, 1.165) is 12.8 Å². The molecule has 1 aromatic rings. The number of nitrogens with one attached hydrogen (secondary N) is 2. The lowest BCUT2D eigenvalue weighted by molar-refractivity contribution is -0.157. The molecule has 0 radical (unpaired) electrons. The number of hydrazine groups is 1. The fourth-order valence-electron chi connectivity index (χ4n) is 2.80. The number of ether oxygens (including phenoxy) is 2. The Hall–Kier alpha value is -2.68. The van der Waals surface area contributed by atoms with E-state index >= 15 is 0 Å². The van der Waals surface area contributed by atoms with Crippen LogP contribution in [0.3, 0.4) is 0 Å². The maximum absolute atomic E-state index is 12.0. The van der Waals surface area contributed by atoms with Gasteiger partial charge in [0.25, 0.3) is 0 Å². The van der Waals surface area contributed by atoms with E-state index in [1.54, 1.807) is 24.5 Å². The highest BCUT2D eigenvalue weighted by Crippen LogP contribution is 2.38. The fraction of sp³-hybridized carbons (Fsp3) is 0.529. The van der Waals surface area contributed by atoms with Crippen LogP contribution in [0.5, 0.6) is 5.88 Å². The number of amides is 2. The number of nitrogens with zero attached hydrogens (tertiary/aromatic N) is 1. The van der Waals surface area contributed by atoms with Gasteiger partial charge in [-0.15, -0.1) is 0 Å². The third kappa shape index (κ3) is 4.92. The van der Waals surface area contributed by atoms with Crippen LogP contribution in [0.4, 0.5) is 5.69 Å². The van der Waals surface area contributed by atoms with E-state index in [2.05, 4.69) is 10.3 Å². The quantitative estimate of drug-likeness (QED) is 0.232. The van der Waals surface area contributed by atoms with E-state index in [4.69, 9.17) is 15.3 Å². The van der Waals surface area contributed by atoms with Crippen molar-refractivity contribution in [3.63, 3.8) is 0 Å². The first-order chi connectivity index (χ1) is 12.4. The fourth-order valence-corrected chi connectivity index (χ4v) is 2.80. The number of carbonyl (C=O) groups is 3. The Kier molecular flexibility index (Phi) is 6.51. The van der Waals surface area contributed by atoms with Crippen molar-refractivity contribution in [2.24, 2.45) is 11.3 Å². The minimum absolute atomic E-state index is 0.0338. The van der Waals surface area contributed by atoms with Gasteiger partial charge in [0.15, 0.2) is 0 Å². The van der Waals surface area contributed by atoms with E-state index in [-0.39, 0.29) is 12.1 Å². The molecular weight excluding hydrogens is 340 g/mol. The predicted molar refractivity (Wildman–Crippen MR) is 92.8 cm³/mol. The van der Waals surface area contributed by atoms with Crippen molar-refractivity contribution < 1.29 is 23.9 Å². The minimum atomic E-state index is -0.947. The zero-order valence-electron chi connectivity index (χ0n) is 14.9. The zero-order valence-corrected chi connectivity index (χ0v) is 14.9. The van der Waals surface area contributed by atoms with Gasteiger partial charge in [0.05, 0.1) is 23.9 Å². The summed E-state index contributed by atoms with van der Waals surface area (Å²) in [6, 6.07) is 3.19. The van der Waals surface area contributed by atoms with E-state index in [0.29, 0.717) is 31.0 Å². The lowest BCUT2D eigenvalue weighted by Crippen LogP contribution is -2.39. The Balaban J connectivity index is 1.86. The van der Waals surface area contributed by atoms with Gasteiger partial charge in [0, 0.05) is 6.07 Å². The Morgan fingerprint density at radius 1 is 1.27 bits per heavy atom. The Bertz CT molecular complexity index is 654. The molecule has 1 saturated carbocycles. The number of rotatable bonds is 5. The molecular formula is C17H24N4O5. The molecule has 26 heavy (non-hydrogen) atoms. The molecule has 0 aliphatic heterocycles. The van der Waals surface area contributed by atoms with Crippen LogP contribution in [0.2, 0.25) is 0 Å². The standard InChI is InChI=1S/C17H24N4O5/c1-3-25-16(24)17(2)8-6-12(7-9-17)26-13-5-4-11(10-19-13)20-14(22)15(23)21-18/h4-5,10,12H,3,6-9,18H2,1-2H3,(H,20,22)(H,21,23)/t12-,17-. The number of esters is 1. The molecule has 2 amide bonds. The highest BCUT2D eigenvalue weighted by molar-refractivity contribution is 6.39. The number of aromatic nitrogens is 1. The molecule has 1 aliphatic rings. The van der Waals surface area contributed by atoms with Gasteiger partial charge in [-0.25, -0.2) is 10.8 Å². The first kappa shape index (κ1) is 19.6. The number of hydrogen-bond acceptors (Lipinski definition) is 7. The molecule has 0 spiro atoms. The summed E-state index contributed by atoms with van der Waals surface area (Å²) in [6.45, 7) is 4.11. The summed E-state index contributed by atoms with van der Waals surface area (Å²) in [6.07, 6.45) is 4.20. The van der Waals surface area contributed by atoms with Crippen LogP contribution in [-0.2, 0) is 19.1 Å². The number of nitrogens with two attached hydrogens (primary N) is 1. The third-order valence-electron chi connectivity index (χ3n) is 4.42. The molecule has 2 rings (SSSR count). The van der Waals surface area contributed by atoms with Crippen molar-refractivity contribution in [1.29, 1.82) is 0 Å². The summed E-state index contributed by atoms with van der Waals surface area (Å²) < 4.78 is 11.0. The molecule has 4 N–H and O–H groups in total. The highest BCUT2D eigenvalue weighted by atomic mass is 16.5. The molecule has 0 atom stereocenters. The van der Waals surface area contributed by atoms with E-state index < -0.39 is 17.2 Å². The summed E-state index contributed by atoms with van der Waals surface area (Å²) in [5.74, 6) is 3.31. The van der Waals surface area contributed by atoms with Gasteiger partial charge in [-0.05, 0) is 45.6 Å². The summed E-state index contributed by atoms with van der Waals surface area (Å²) in [5.41, 5.74) is 1.64. The smallest absolute Gasteiger partial charge is 0.323 e. The monoisotopic (exact) mass is 364 g/mol. The molecule has 9 heteroatoms. The Labute approximate surface area is 151 Å². The molecule has 142 valence electrons. The van der Waals surface area contributed by atoms with Gasteiger partial charge in [-0.3, -0.25) is 19.8 Å². The average Bonchev–Trinajstić information content (AvgIpc) is 2.64. The molecule has 1 aliphatic carbocycles. The van der Waals surface area contributed by atoms with Crippen LogP contribution < -0.4 is 21.3 Å². The van der Waals surface area contributed by atoms with Crippen LogP contribution in [-0.4, -0.2) is 35.5 Å². The van der Waals surface area contributed by atoms with Crippen molar-refractivity contribution in [3.05, 3.63) is 18.3 Å². The van der Waals surface area contributed by atoms with Crippen molar-refractivity contribution >= 4 is 23.5 Å². The second-order valence-corrected chi connectivity index (χ2v) is 6.41. The number of anilines is 1. The number of hydrogen-bond donors (Lipinski definition) is 3. The molecule has 1 fully saturated rings. The molecule has 1 heterocycles. The van der Waals surface area contributed by atoms with Gasteiger partial charge in [-0.2, -0.15) is 0 Å². The van der Waals surface area contributed by atoms with Gasteiger partial charge in [0.2, 0.25) is 5.88 Å². The van der Waals surface area contributed by atoms with Gasteiger partial charge in [-0.1, -0.05) is 0 Å². The number of pyridine rings is 1. The largest absolute Gasteiger partial charge is 0.474 e. The molecule has 0 aromatic carbocycles. The lowest BCUT2D eigenvalue weighted by Gasteiger charge is -2.34. The summed E-state index contributed by atoms with van der Waals surface area (Å²) in [4.78, 5) is 38.6. The van der Waals surface area contributed by atoms with Crippen molar-refractivity contribution in [2.45, 2.75) is 45.6 Å². The van der Waals surface area contributed by atoms with Crippen molar-refractivity contribution in [1.82, 2.24) is 10.4 Å². The summed E-state index contributed by atoms with van der Waals surface area (Å²) in [7, 11) is 0. The average molecular weight is 364 g/mol. The maximum atomic E-state index is 12.0. The molecule has 9 nitrogen and oxygen atoms in total. The summed E-state index contributed by atoms with van der Waals surface area (Å²) >= 11 is 0. The predicted octanol–water partition coefficient (Wildman–Crippen LogP) is 0.901. The van der Waals surface area contributed by atoms with Crippen LogP contribution in [0.25, 0.3) is 0 Å². The molecule has 1 aromatic heterocycles. The first-order valence-corrected chi connectivity index (χ1v) is 8.50. The van der Waals surface area contributed by atoms with Crippen molar-refractivity contribution in [2.75, 3.05) is 11.9 Å². The maximum Gasteiger partial charge on any atom is 0.323 e. The van der Waals surface area contributed by atoms with Gasteiger partial charge >= 0.3 is 17.8 Å². The molecule has 0 unspecified atom stereocenters. The Morgan fingerprint density at radius 3 is 2.50 bits per heavy atom. The van der Waals surface area contributed by atoms with Crippen LogP contribution in [0.15, 0.2) is 18.3 Å². The van der Waals surface area contributed by atoms with Crippen LogP contribution in [0, 0.1) is 5.41 Å². The summed E-state index contributed by atoms with van der Waals surface area (Å²) in [5, 5.41) is 2.36. The third-order valence-corrected chi connectivity index (χ3v) is 4.42. The normalized spacial score (nSPS) is 22.2. The number of carbonyl (C=O) groups excluding carboxylic acids is 3. The molecule has 0 bridgehead atoms.